The van der Waals surface area contributed by atoms with Gasteiger partial charge in [0.1, 0.15) is 5.01 Å². The first-order valence-electron chi connectivity index (χ1n) is 6.78. The number of nitrogens with zero attached hydrogens (tertiary/aromatic N) is 2. The third-order valence-electron chi connectivity index (χ3n) is 2.91. The molecule has 0 aliphatic heterocycles. The van der Waals surface area contributed by atoms with Crippen molar-refractivity contribution in [1.82, 2.24) is 10.2 Å². The molecule has 1 heterocycles. The summed E-state index contributed by atoms with van der Waals surface area (Å²) in [6.07, 6.45) is 0. The normalized spacial score (nSPS) is 10.5. The van der Waals surface area contributed by atoms with E-state index in [2.05, 4.69) is 43.6 Å². The number of amides is 1. The van der Waals surface area contributed by atoms with Crippen LogP contribution in [0.2, 0.25) is 0 Å². The van der Waals surface area contributed by atoms with E-state index in [1.807, 2.05) is 36.4 Å². The van der Waals surface area contributed by atoms with Crippen molar-refractivity contribution in [2.24, 2.45) is 0 Å². The first-order chi connectivity index (χ1) is 11.2. The molecule has 0 unspecified atom stereocenters. The minimum Gasteiger partial charge on any atom is -0.296 e. The Labute approximate surface area is 150 Å². The van der Waals surface area contributed by atoms with Crippen LogP contribution in [-0.4, -0.2) is 16.1 Å². The molecule has 0 radical (unpaired) electrons. The molecule has 3 rings (SSSR count). The fourth-order valence-electron chi connectivity index (χ4n) is 1.83. The van der Waals surface area contributed by atoms with E-state index in [-0.39, 0.29) is 5.91 Å². The van der Waals surface area contributed by atoms with Crippen LogP contribution in [0.1, 0.15) is 15.4 Å². The third kappa shape index (κ3) is 4.40. The number of hydrogen-bond acceptors (Lipinski definition) is 5. The summed E-state index contributed by atoms with van der Waals surface area (Å²) in [5.41, 5.74) is 0.572. The molecule has 1 aromatic heterocycles. The van der Waals surface area contributed by atoms with E-state index in [9.17, 15) is 4.79 Å². The Bertz CT molecular complexity index is 808. The summed E-state index contributed by atoms with van der Waals surface area (Å²) in [4.78, 5) is 13.4. The molecular formula is C16H12BrN3OS2. The van der Waals surface area contributed by atoms with Crippen molar-refractivity contribution in [2.45, 2.75) is 10.6 Å². The summed E-state index contributed by atoms with van der Waals surface area (Å²) < 4.78 is 0.752. The second-order valence-corrected chi connectivity index (χ2v) is 7.50. The molecule has 23 heavy (non-hydrogen) atoms. The van der Waals surface area contributed by atoms with Gasteiger partial charge < -0.3 is 0 Å². The van der Waals surface area contributed by atoms with Crippen LogP contribution in [0.3, 0.4) is 0 Å². The number of benzene rings is 2. The highest BCUT2D eigenvalue weighted by Crippen LogP contribution is 2.26. The summed E-state index contributed by atoms with van der Waals surface area (Å²) in [5.74, 6) is 0.530. The topological polar surface area (TPSA) is 54.9 Å². The SMILES string of the molecule is O=C(Nc1nnc(CSc2ccccc2)s1)c1ccccc1Br. The van der Waals surface area contributed by atoms with Gasteiger partial charge in [-0.2, -0.15) is 0 Å². The molecule has 0 aliphatic carbocycles. The van der Waals surface area contributed by atoms with E-state index < -0.39 is 0 Å². The average Bonchev–Trinajstić information content (AvgIpc) is 3.02. The van der Waals surface area contributed by atoms with Gasteiger partial charge in [-0.05, 0) is 40.2 Å². The Morgan fingerprint density at radius 1 is 1.09 bits per heavy atom. The minimum absolute atomic E-state index is 0.198. The van der Waals surface area contributed by atoms with Crippen LogP contribution < -0.4 is 5.32 Å². The molecule has 0 fully saturated rings. The van der Waals surface area contributed by atoms with E-state index in [1.165, 1.54) is 16.2 Å². The van der Waals surface area contributed by atoms with Crippen LogP contribution in [0.25, 0.3) is 0 Å². The first-order valence-corrected chi connectivity index (χ1v) is 9.38. The van der Waals surface area contributed by atoms with Crippen LogP contribution in [0.15, 0.2) is 64.0 Å². The van der Waals surface area contributed by atoms with Gasteiger partial charge in [0.25, 0.3) is 5.91 Å². The van der Waals surface area contributed by atoms with Gasteiger partial charge in [-0.1, -0.05) is 41.7 Å². The molecular weight excluding hydrogens is 394 g/mol. The molecule has 1 N–H and O–H groups in total. The Morgan fingerprint density at radius 3 is 2.61 bits per heavy atom. The van der Waals surface area contributed by atoms with E-state index in [0.29, 0.717) is 10.7 Å². The largest absolute Gasteiger partial charge is 0.296 e. The number of carbonyl (C=O) groups is 1. The quantitative estimate of drug-likeness (QED) is 0.616. The number of anilines is 1. The second-order valence-electron chi connectivity index (χ2n) is 4.54. The molecule has 4 nitrogen and oxygen atoms in total. The highest BCUT2D eigenvalue weighted by molar-refractivity contribution is 9.10. The van der Waals surface area contributed by atoms with E-state index in [1.54, 1.807) is 17.8 Å². The van der Waals surface area contributed by atoms with Crippen molar-refractivity contribution in [3.05, 3.63) is 69.6 Å². The zero-order chi connectivity index (χ0) is 16.1. The highest BCUT2D eigenvalue weighted by Gasteiger charge is 2.12. The molecule has 0 atom stereocenters. The Kier molecular flexibility index (Phi) is 5.43. The predicted octanol–water partition coefficient (Wildman–Crippen LogP) is 4.85. The molecule has 116 valence electrons. The standard InChI is InChI=1S/C16H12BrN3OS2/c17-13-9-5-4-8-12(13)15(21)18-16-20-19-14(23-16)10-22-11-6-2-1-3-7-11/h1-9H,10H2,(H,18,20,21). The van der Waals surface area contributed by atoms with Gasteiger partial charge in [-0.25, -0.2) is 0 Å². The molecule has 0 saturated carbocycles. The lowest BCUT2D eigenvalue weighted by molar-refractivity contribution is 0.102. The molecule has 2 aromatic carbocycles. The molecule has 3 aromatic rings. The summed E-state index contributed by atoms with van der Waals surface area (Å²) in [7, 11) is 0. The van der Waals surface area contributed by atoms with Crippen LogP contribution in [-0.2, 0) is 5.75 Å². The van der Waals surface area contributed by atoms with E-state index >= 15 is 0 Å². The number of aromatic nitrogens is 2. The molecule has 0 aliphatic rings. The number of halogens is 1. The molecule has 0 saturated heterocycles. The smallest absolute Gasteiger partial charge is 0.258 e. The van der Waals surface area contributed by atoms with Gasteiger partial charge in [0, 0.05) is 9.37 Å². The summed E-state index contributed by atoms with van der Waals surface area (Å²) >= 11 is 6.45. The maximum atomic E-state index is 12.2. The van der Waals surface area contributed by atoms with Gasteiger partial charge in [0.2, 0.25) is 5.13 Å². The lowest BCUT2D eigenvalue weighted by atomic mass is 10.2. The fourth-order valence-corrected chi connectivity index (χ4v) is 3.94. The first kappa shape index (κ1) is 16.2. The van der Waals surface area contributed by atoms with Crippen molar-refractivity contribution in [2.75, 3.05) is 5.32 Å². The van der Waals surface area contributed by atoms with Crippen molar-refractivity contribution in [3.63, 3.8) is 0 Å². The predicted molar refractivity (Wildman–Crippen MR) is 98.0 cm³/mol. The lowest BCUT2D eigenvalue weighted by Crippen LogP contribution is -2.12. The number of hydrogen-bond donors (Lipinski definition) is 1. The third-order valence-corrected chi connectivity index (χ3v) is 5.65. The number of rotatable bonds is 5. The van der Waals surface area contributed by atoms with Crippen LogP contribution >= 0.6 is 39.0 Å². The summed E-state index contributed by atoms with van der Waals surface area (Å²) in [6, 6.07) is 17.4. The van der Waals surface area contributed by atoms with Crippen molar-refractivity contribution >= 4 is 50.1 Å². The van der Waals surface area contributed by atoms with Crippen molar-refractivity contribution in [1.29, 1.82) is 0 Å². The van der Waals surface area contributed by atoms with Gasteiger partial charge >= 0.3 is 0 Å². The number of nitrogens with one attached hydrogen (secondary N) is 1. The molecule has 1 amide bonds. The fraction of sp³-hybridized carbons (Fsp3) is 0.0625. The zero-order valence-electron chi connectivity index (χ0n) is 11.9. The second kappa shape index (κ2) is 7.72. The Morgan fingerprint density at radius 2 is 1.83 bits per heavy atom. The number of carbonyl (C=O) groups excluding carboxylic acids is 1. The molecule has 0 spiro atoms. The summed E-state index contributed by atoms with van der Waals surface area (Å²) in [5, 5.41) is 12.3. The van der Waals surface area contributed by atoms with E-state index in [4.69, 9.17) is 0 Å². The molecule has 7 heteroatoms. The van der Waals surface area contributed by atoms with Crippen LogP contribution in [0.4, 0.5) is 5.13 Å². The van der Waals surface area contributed by atoms with Crippen LogP contribution in [0, 0.1) is 0 Å². The minimum atomic E-state index is -0.198. The van der Waals surface area contributed by atoms with Gasteiger partial charge in [0.05, 0.1) is 11.3 Å². The monoisotopic (exact) mass is 405 g/mol. The lowest BCUT2D eigenvalue weighted by Gasteiger charge is -2.02. The van der Waals surface area contributed by atoms with Gasteiger partial charge in [-0.15, -0.1) is 22.0 Å². The van der Waals surface area contributed by atoms with Gasteiger partial charge in [0.15, 0.2) is 0 Å². The van der Waals surface area contributed by atoms with E-state index in [0.717, 1.165) is 15.2 Å². The van der Waals surface area contributed by atoms with Crippen molar-refractivity contribution < 1.29 is 4.79 Å². The Hall–Kier alpha value is -1.70. The van der Waals surface area contributed by atoms with Crippen LogP contribution in [0.5, 0.6) is 0 Å². The Balaban J connectivity index is 1.61. The maximum Gasteiger partial charge on any atom is 0.258 e. The average molecular weight is 406 g/mol. The maximum absolute atomic E-state index is 12.2. The molecule has 0 bridgehead atoms. The van der Waals surface area contributed by atoms with Gasteiger partial charge in [-0.3, -0.25) is 10.1 Å². The summed E-state index contributed by atoms with van der Waals surface area (Å²) in [6.45, 7) is 0. The highest BCUT2D eigenvalue weighted by atomic mass is 79.9. The number of thioether (sulfide) groups is 1. The zero-order valence-corrected chi connectivity index (χ0v) is 15.1. The van der Waals surface area contributed by atoms with Crippen molar-refractivity contribution in [3.8, 4) is 0 Å².